The molecule has 1 aromatic rings. The summed E-state index contributed by atoms with van der Waals surface area (Å²) in [6.07, 6.45) is 6.37. The summed E-state index contributed by atoms with van der Waals surface area (Å²) in [5.41, 5.74) is 0.602. The standard InChI is InChI=1S/C20H20N2O6/c1-2-27-15-7-11(3-6-14(15)28-10-16(23)24)9-21-22-19(25)17-12-4-5-13(8-12)18(17)20(22)26/h3-7,9,12-13,17-18H,2,8,10H2,1H3,(H,23,24). The van der Waals surface area contributed by atoms with Crippen LogP contribution in [0, 0.1) is 23.7 Å². The van der Waals surface area contributed by atoms with Gasteiger partial charge in [-0.15, -0.1) is 0 Å². The van der Waals surface area contributed by atoms with Gasteiger partial charge in [0.05, 0.1) is 24.7 Å². The third kappa shape index (κ3) is 3.04. The van der Waals surface area contributed by atoms with Gasteiger partial charge >= 0.3 is 5.97 Å². The Kier molecular flexibility index (Phi) is 4.62. The summed E-state index contributed by atoms with van der Waals surface area (Å²) >= 11 is 0. The minimum absolute atomic E-state index is 0.141. The van der Waals surface area contributed by atoms with Gasteiger partial charge in [0.15, 0.2) is 18.1 Å². The van der Waals surface area contributed by atoms with Crippen LogP contribution in [-0.4, -0.2) is 47.3 Å². The average Bonchev–Trinajstić information content (AvgIpc) is 3.34. The van der Waals surface area contributed by atoms with Crippen molar-refractivity contribution < 1.29 is 29.0 Å². The molecule has 1 N–H and O–H groups in total. The lowest BCUT2D eigenvalue weighted by Crippen LogP contribution is -2.28. The SMILES string of the molecule is CCOc1cc(C=NN2C(=O)C3C4C=CC(C4)C3C2=O)ccc1OCC(=O)O. The number of carbonyl (C=O) groups excluding carboxylic acids is 2. The lowest BCUT2D eigenvalue weighted by atomic mass is 9.85. The van der Waals surface area contributed by atoms with Gasteiger partial charge in [-0.05, 0) is 48.9 Å². The first-order valence-corrected chi connectivity index (χ1v) is 9.21. The van der Waals surface area contributed by atoms with E-state index in [-0.39, 0.29) is 35.5 Å². The highest BCUT2D eigenvalue weighted by molar-refractivity contribution is 6.06. The van der Waals surface area contributed by atoms with Crippen molar-refractivity contribution in [2.24, 2.45) is 28.8 Å². The smallest absolute Gasteiger partial charge is 0.341 e. The van der Waals surface area contributed by atoms with Crippen molar-refractivity contribution in [3.63, 3.8) is 0 Å². The number of benzene rings is 1. The van der Waals surface area contributed by atoms with Crippen LogP contribution in [0.3, 0.4) is 0 Å². The Morgan fingerprint density at radius 1 is 1.18 bits per heavy atom. The summed E-state index contributed by atoms with van der Waals surface area (Å²) in [5.74, 6) is -1.20. The fourth-order valence-electron chi connectivity index (χ4n) is 4.26. The fraction of sp³-hybridized carbons (Fsp3) is 0.400. The molecule has 4 atom stereocenters. The summed E-state index contributed by atoms with van der Waals surface area (Å²) in [7, 11) is 0. The second-order valence-corrected chi connectivity index (χ2v) is 7.05. The van der Waals surface area contributed by atoms with E-state index < -0.39 is 12.6 Å². The number of carbonyl (C=O) groups is 3. The Hall–Kier alpha value is -3.16. The molecule has 3 aliphatic rings. The van der Waals surface area contributed by atoms with Gasteiger partial charge in [0.2, 0.25) is 0 Å². The van der Waals surface area contributed by atoms with Crippen LogP contribution in [0.15, 0.2) is 35.5 Å². The van der Waals surface area contributed by atoms with E-state index in [4.69, 9.17) is 14.6 Å². The Bertz CT molecular complexity index is 863. The molecule has 1 saturated heterocycles. The Labute approximate surface area is 161 Å². The van der Waals surface area contributed by atoms with Crippen molar-refractivity contribution in [2.45, 2.75) is 13.3 Å². The van der Waals surface area contributed by atoms with Crippen LogP contribution in [0.1, 0.15) is 18.9 Å². The molecule has 146 valence electrons. The molecule has 8 heteroatoms. The normalized spacial score (nSPS) is 27.7. The maximum absolute atomic E-state index is 12.6. The number of aliphatic carboxylic acids is 1. The highest BCUT2D eigenvalue weighted by Crippen LogP contribution is 2.52. The number of hydrogen-bond acceptors (Lipinski definition) is 6. The van der Waals surface area contributed by atoms with E-state index in [9.17, 15) is 14.4 Å². The van der Waals surface area contributed by atoms with E-state index in [2.05, 4.69) is 5.10 Å². The summed E-state index contributed by atoms with van der Waals surface area (Å²) in [6, 6.07) is 4.85. The van der Waals surface area contributed by atoms with Crippen LogP contribution in [0.5, 0.6) is 11.5 Å². The third-order valence-electron chi connectivity index (χ3n) is 5.39. The van der Waals surface area contributed by atoms with Crippen molar-refractivity contribution in [3.8, 4) is 11.5 Å². The zero-order valence-electron chi connectivity index (χ0n) is 15.3. The Morgan fingerprint density at radius 2 is 1.86 bits per heavy atom. The van der Waals surface area contributed by atoms with Gasteiger partial charge in [-0.2, -0.15) is 10.1 Å². The summed E-state index contributed by atoms with van der Waals surface area (Å²) in [5, 5.41) is 13.9. The van der Waals surface area contributed by atoms with Crippen LogP contribution in [-0.2, 0) is 14.4 Å². The molecule has 1 saturated carbocycles. The van der Waals surface area contributed by atoms with Crippen molar-refractivity contribution in [1.82, 2.24) is 5.01 Å². The molecule has 4 rings (SSSR count). The van der Waals surface area contributed by atoms with Gasteiger partial charge in [-0.25, -0.2) is 4.79 Å². The quantitative estimate of drug-likeness (QED) is 0.436. The monoisotopic (exact) mass is 384 g/mol. The van der Waals surface area contributed by atoms with E-state index >= 15 is 0 Å². The van der Waals surface area contributed by atoms with E-state index in [0.717, 1.165) is 11.4 Å². The third-order valence-corrected chi connectivity index (χ3v) is 5.39. The molecule has 28 heavy (non-hydrogen) atoms. The van der Waals surface area contributed by atoms with Crippen molar-refractivity contribution in [3.05, 3.63) is 35.9 Å². The molecule has 8 nitrogen and oxygen atoms in total. The largest absolute Gasteiger partial charge is 0.490 e. The first-order valence-electron chi connectivity index (χ1n) is 9.21. The second kappa shape index (κ2) is 7.10. The van der Waals surface area contributed by atoms with Crippen LogP contribution in [0.4, 0.5) is 0 Å². The van der Waals surface area contributed by atoms with Crippen molar-refractivity contribution in [1.29, 1.82) is 0 Å². The van der Waals surface area contributed by atoms with Gasteiger partial charge < -0.3 is 14.6 Å². The minimum Gasteiger partial charge on any atom is -0.490 e. The molecule has 1 aliphatic heterocycles. The van der Waals surface area contributed by atoms with Crippen LogP contribution in [0.25, 0.3) is 0 Å². The molecule has 4 unspecified atom stereocenters. The summed E-state index contributed by atoms with van der Waals surface area (Å²) < 4.78 is 10.7. The van der Waals surface area contributed by atoms with Gasteiger partial charge in [-0.1, -0.05) is 12.2 Å². The van der Waals surface area contributed by atoms with Crippen molar-refractivity contribution >= 4 is 24.0 Å². The molecular weight excluding hydrogens is 364 g/mol. The number of ether oxygens (including phenoxy) is 2. The lowest BCUT2D eigenvalue weighted by molar-refractivity contribution is -0.141. The minimum atomic E-state index is -1.09. The average molecular weight is 384 g/mol. The molecular formula is C20H20N2O6. The predicted octanol–water partition coefficient (Wildman–Crippen LogP) is 1.69. The molecule has 2 bridgehead atoms. The Morgan fingerprint density at radius 3 is 2.46 bits per heavy atom. The topological polar surface area (TPSA) is 106 Å². The molecule has 2 amide bonds. The predicted molar refractivity (Wildman–Crippen MR) is 97.9 cm³/mol. The highest BCUT2D eigenvalue weighted by atomic mass is 16.5. The fourth-order valence-corrected chi connectivity index (χ4v) is 4.26. The number of allylic oxidation sites excluding steroid dienone is 2. The summed E-state index contributed by atoms with van der Waals surface area (Å²) in [4.78, 5) is 36.0. The number of carboxylic acid groups (broad SMARTS) is 1. The maximum atomic E-state index is 12.6. The van der Waals surface area contributed by atoms with E-state index in [0.29, 0.717) is 23.7 Å². The number of nitrogens with zero attached hydrogens (tertiary/aromatic N) is 2. The van der Waals surface area contributed by atoms with Crippen LogP contribution in [0.2, 0.25) is 0 Å². The number of amides is 2. The second-order valence-electron chi connectivity index (χ2n) is 7.05. The van der Waals surface area contributed by atoms with E-state index in [1.165, 1.54) is 6.21 Å². The Balaban J connectivity index is 1.51. The van der Waals surface area contributed by atoms with Gasteiger partial charge in [0.1, 0.15) is 0 Å². The molecule has 0 aromatic heterocycles. The maximum Gasteiger partial charge on any atom is 0.341 e. The van der Waals surface area contributed by atoms with E-state index in [1.54, 1.807) is 25.1 Å². The molecule has 2 aliphatic carbocycles. The number of hydrazone groups is 1. The van der Waals surface area contributed by atoms with Gasteiger partial charge in [0.25, 0.3) is 11.8 Å². The number of imide groups is 1. The first-order chi connectivity index (χ1) is 13.5. The zero-order valence-corrected chi connectivity index (χ0v) is 15.3. The number of fused-ring (bicyclic) bond motifs is 5. The molecule has 2 fully saturated rings. The summed E-state index contributed by atoms with van der Waals surface area (Å²) in [6.45, 7) is 1.68. The lowest BCUT2D eigenvalue weighted by Gasteiger charge is -2.13. The number of rotatable bonds is 7. The molecule has 0 radical (unpaired) electrons. The first kappa shape index (κ1) is 18.2. The van der Waals surface area contributed by atoms with Gasteiger partial charge in [-0.3, -0.25) is 9.59 Å². The molecule has 1 aromatic carbocycles. The highest BCUT2D eigenvalue weighted by Gasteiger charge is 2.59. The van der Waals surface area contributed by atoms with Crippen LogP contribution >= 0.6 is 0 Å². The zero-order chi connectivity index (χ0) is 19.8. The van der Waals surface area contributed by atoms with Crippen LogP contribution < -0.4 is 9.47 Å². The number of hydrogen-bond donors (Lipinski definition) is 1. The molecule has 0 spiro atoms. The van der Waals surface area contributed by atoms with Crippen molar-refractivity contribution in [2.75, 3.05) is 13.2 Å². The van der Waals surface area contributed by atoms with E-state index in [1.807, 2.05) is 12.2 Å². The number of carboxylic acids is 1. The van der Waals surface area contributed by atoms with Gasteiger partial charge in [0, 0.05) is 0 Å². The molecule has 1 heterocycles.